The maximum atomic E-state index is 15.1. The molecule has 1 aromatic carbocycles. The summed E-state index contributed by atoms with van der Waals surface area (Å²) in [6, 6.07) is 8.40. The summed E-state index contributed by atoms with van der Waals surface area (Å²) < 4.78 is 33.5. The fourth-order valence-electron chi connectivity index (χ4n) is 11.7. The number of ether oxygens (including phenoxy) is 5. The fourth-order valence-corrected chi connectivity index (χ4v) is 12.7. The lowest BCUT2D eigenvalue weighted by Crippen LogP contribution is -2.64. The zero-order valence-electron chi connectivity index (χ0n) is 40.8. The summed E-state index contributed by atoms with van der Waals surface area (Å²) in [7, 11) is 1.71. The molecule has 16 heteroatoms. The van der Waals surface area contributed by atoms with Crippen molar-refractivity contribution in [2.75, 3.05) is 46.6 Å². The molecule has 2 amide bonds. The van der Waals surface area contributed by atoms with Crippen LogP contribution in [0.2, 0.25) is 0 Å². The lowest BCUT2D eigenvalue weighted by atomic mass is 9.72. The first-order valence-electron chi connectivity index (χ1n) is 24.9. The molecular weight excluding hydrogens is 883 g/mol. The summed E-state index contributed by atoms with van der Waals surface area (Å²) in [5.74, 6) is -0.632. The Bertz CT molecular complexity index is 2530. The van der Waals surface area contributed by atoms with Crippen molar-refractivity contribution in [1.29, 1.82) is 0 Å². The largest absolute Gasteiger partial charge is 0.464 e. The molecule has 366 valence electrons. The maximum Gasteiger partial charge on any atom is 0.324 e. The minimum atomic E-state index is -0.990. The number of likely N-dealkylation sites (tertiary alicyclic amines) is 1. The Kier molecular flexibility index (Phi) is 13.1. The molecule has 0 radical (unpaired) electrons. The number of thiazole rings is 1. The summed E-state index contributed by atoms with van der Waals surface area (Å²) in [5.41, 5.74) is 8.28. The van der Waals surface area contributed by atoms with Crippen molar-refractivity contribution in [2.45, 2.75) is 154 Å². The highest BCUT2D eigenvalue weighted by Gasteiger charge is 2.61. The molecule has 8 bridgehead atoms. The molecule has 68 heavy (non-hydrogen) atoms. The van der Waals surface area contributed by atoms with Gasteiger partial charge in [-0.3, -0.25) is 29.3 Å². The van der Waals surface area contributed by atoms with Gasteiger partial charge < -0.3 is 33.6 Å². The average Bonchev–Trinajstić information content (AvgIpc) is 4.17. The van der Waals surface area contributed by atoms with E-state index in [1.807, 2.05) is 26.1 Å². The van der Waals surface area contributed by atoms with Gasteiger partial charge in [0, 0.05) is 72.2 Å². The molecule has 3 aromatic heterocycles. The molecule has 0 unspecified atom stereocenters. The highest BCUT2D eigenvalue weighted by Crippen LogP contribution is 2.52. The van der Waals surface area contributed by atoms with Crippen LogP contribution in [0.4, 0.5) is 0 Å². The molecule has 1 aliphatic carbocycles. The number of carbonyl (C=O) groups is 3. The van der Waals surface area contributed by atoms with Gasteiger partial charge >= 0.3 is 5.97 Å². The van der Waals surface area contributed by atoms with Crippen LogP contribution in [0.15, 0.2) is 41.9 Å². The highest BCUT2D eigenvalue weighted by molar-refractivity contribution is 7.10. The number of cyclic esters (lactones) is 1. The van der Waals surface area contributed by atoms with Crippen LogP contribution in [0.3, 0.4) is 0 Å². The van der Waals surface area contributed by atoms with Crippen molar-refractivity contribution in [3.8, 4) is 22.5 Å². The van der Waals surface area contributed by atoms with Gasteiger partial charge in [0.05, 0.1) is 60.3 Å². The highest BCUT2D eigenvalue weighted by atomic mass is 32.1. The molecule has 1 saturated carbocycles. The Morgan fingerprint density at radius 3 is 2.62 bits per heavy atom. The summed E-state index contributed by atoms with van der Waals surface area (Å²) in [4.78, 5) is 56.3. The molecule has 5 saturated heterocycles. The van der Waals surface area contributed by atoms with Crippen LogP contribution in [0.5, 0.6) is 0 Å². The second-order valence-corrected chi connectivity index (χ2v) is 22.5. The van der Waals surface area contributed by atoms with E-state index in [4.69, 9.17) is 33.7 Å². The Morgan fingerprint density at radius 2 is 1.87 bits per heavy atom. The van der Waals surface area contributed by atoms with Crippen LogP contribution < -0.4 is 10.7 Å². The standard InChI is InChI=1S/C52H69N7O8S/c1-31-34-25-52(26-34,67-31)49(62)55-43-45(57-18-8-9-19-57)46-54-40(29-68-46)33-14-15-41-37(24-33)38(28-50(3,4)30-65-48(61)39-13-11-20-59(56-39)47(43)60)44(36-12-10-17-53-42(36)32(2)63-7)58(41)21-23-64-35-16-22-66-51(5,6)27-35/h10,12,14-15,17,24,29,31-32,34-35,39,43,45,56H,8-9,11,13,16,18-23,25-28,30H2,1-7H3,(H,55,62)/t31-,32+,34?,35+,39+,43+,45+,52?/m1/s1. The molecule has 15 nitrogen and oxygen atoms in total. The average molecular weight is 952 g/mol. The topological polar surface area (TPSA) is 159 Å². The number of aromatic nitrogens is 3. The van der Waals surface area contributed by atoms with E-state index in [9.17, 15) is 9.59 Å². The van der Waals surface area contributed by atoms with Gasteiger partial charge in [-0.05, 0) is 128 Å². The van der Waals surface area contributed by atoms with E-state index < -0.39 is 35.1 Å². The molecule has 11 rings (SSSR count). The van der Waals surface area contributed by atoms with Crippen molar-refractivity contribution >= 4 is 40.0 Å². The van der Waals surface area contributed by atoms with E-state index in [2.05, 4.69) is 77.6 Å². The van der Waals surface area contributed by atoms with Crippen LogP contribution in [-0.2, 0) is 51.0 Å². The van der Waals surface area contributed by atoms with Crippen molar-refractivity contribution < 1.29 is 38.1 Å². The predicted molar refractivity (Wildman–Crippen MR) is 259 cm³/mol. The van der Waals surface area contributed by atoms with Crippen molar-refractivity contribution in [2.24, 2.45) is 11.3 Å². The number of fused-ring (bicyclic) bond motifs is 7. The predicted octanol–water partition coefficient (Wildman–Crippen LogP) is 7.32. The molecule has 2 N–H and O–H groups in total. The number of benzene rings is 1. The molecular formula is C52H69N7O8S. The van der Waals surface area contributed by atoms with Gasteiger partial charge in [-0.25, -0.2) is 10.4 Å². The number of hydrazine groups is 1. The Morgan fingerprint density at radius 1 is 1.06 bits per heavy atom. The van der Waals surface area contributed by atoms with E-state index in [0.29, 0.717) is 64.3 Å². The number of carbonyl (C=O) groups excluding carboxylic acids is 3. The first-order valence-corrected chi connectivity index (χ1v) is 25.8. The zero-order valence-corrected chi connectivity index (χ0v) is 41.6. The number of nitrogens with one attached hydrogen (secondary N) is 2. The lowest BCUT2D eigenvalue weighted by Gasteiger charge is -2.41. The summed E-state index contributed by atoms with van der Waals surface area (Å²) >= 11 is 1.52. The van der Waals surface area contributed by atoms with Crippen molar-refractivity contribution in [3.05, 3.63) is 58.2 Å². The molecule has 6 aliphatic heterocycles. The van der Waals surface area contributed by atoms with Crippen LogP contribution in [0.25, 0.3) is 33.4 Å². The van der Waals surface area contributed by atoms with Gasteiger partial charge in [0.1, 0.15) is 22.7 Å². The second-order valence-electron chi connectivity index (χ2n) is 21.6. The van der Waals surface area contributed by atoms with Crippen LogP contribution >= 0.6 is 11.3 Å². The Labute approximate surface area is 403 Å². The minimum absolute atomic E-state index is 0.0117. The normalized spacial score (nSPS) is 29.9. The van der Waals surface area contributed by atoms with E-state index >= 15 is 4.79 Å². The van der Waals surface area contributed by atoms with E-state index in [1.165, 1.54) is 11.3 Å². The molecule has 6 atom stereocenters. The number of hydrogen-bond donors (Lipinski definition) is 2. The van der Waals surface area contributed by atoms with E-state index in [0.717, 1.165) is 88.5 Å². The third-order valence-electron chi connectivity index (χ3n) is 15.5. The number of nitrogens with zero attached hydrogens (tertiary/aromatic N) is 5. The molecule has 9 heterocycles. The minimum Gasteiger partial charge on any atom is -0.464 e. The molecule has 7 aliphatic rings. The van der Waals surface area contributed by atoms with E-state index in [-0.39, 0.29) is 42.3 Å². The number of methoxy groups -OCH3 is 1. The van der Waals surface area contributed by atoms with Gasteiger partial charge in [-0.2, -0.15) is 0 Å². The number of rotatable bonds is 10. The number of esters is 1. The van der Waals surface area contributed by atoms with Gasteiger partial charge in [0.2, 0.25) is 0 Å². The van der Waals surface area contributed by atoms with Gasteiger partial charge in [-0.15, -0.1) is 11.3 Å². The summed E-state index contributed by atoms with van der Waals surface area (Å²) in [5, 5.41) is 8.70. The van der Waals surface area contributed by atoms with Crippen molar-refractivity contribution in [1.82, 2.24) is 35.2 Å². The first-order chi connectivity index (χ1) is 32.6. The Hall–Kier alpha value is -4.29. The van der Waals surface area contributed by atoms with Crippen LogP contribution in [-0.4, -0.2) is 124 Å². The maximum absolute atomic E-state index is 15.1. The molecule has 6 fully saturated rings. The number of pyridine rings is 1. The van der Waals surface area contributed by atoms with Gasteiger partial charge in [0.15, 0.2) is 0 Å². The first kappa shape index (κ1) is 47.4. The monoisotopic (exact) mass is 951 g/mol. The summed E-state index contributed by atoms with van der Waals surface area (Å²) in [6.45, 7) is 16.4. The van der Waals surface area contributed by atoms with E-state index in [1.54, 1.807) is 12.1 Å². The van der Waals surface area contributed by atoms with Crippen LogP contribution in [0.1, 0.15) is 121 Å². The van der Waals surface area contributed by atoms with Crippen LogP contribution in [0, 0.1) is 11.3 Å². The number of amides is 2. The Balaban J connectivity index is 1.11. The third kappa shape index (κ3) is 9.14. The zero-order chi connectivity index (χ0) is 47.5. The lowest BCUT2D eigenvalue weighted by molar-refractivity contribution is -0.157. The smallest absolute Gasteiger partial charge is 0.324 e. The van der Waals surface area contributed by atoms with Crippen molar-refractivity contribution in [3.63, 3.8) is 0 Å². The third-order valence-corrected chi connectivity index (χ3v) is 16.4. The molecule has 0 spiro atoms. The quantitative estimate of drug-likeness (QED) is 0.153. The van der Waals surface area contributed by atoms with Gasteiger partial charge in [-0.1, -0.05) is 19.9 Å². The second kappa shape index (κ2) is 18.8. The number of hydrogen-bond acceptors (Lipinski definition) is 13. The molecule has 4 aromatic rings. The SMILES string of the molecule is CO[C@@H](C)c1ncccc1-c1c2c3cc(ccc3n1CCO[C@H]1CCOC(C)(C)C1)-c1csc(n1)[C@@H](N1CCCC1)[C@H](NC(=O)C13CC(C1)[C@@H](C)O3)C(=O)N1CCC[C@H](N1)C(=O)OCC(C)(C)C2. The summed E-state index contributed by atoms with van der Waals surface area (Å²) in [6.07, 6.45) is 8.19. The fraction of sp³-hybridized carbons (Fsp3) is 0.635. The van der Waals surface area contributed by atoms with Gasteiger partial charge in [0.25, 0.3) is 11.8 Å².